The maximum absolute atomic E-state index is 10.5. The van der Waals surface area contributed by atoms with Crippen LogP contribution in [-0.4, -0.2) is 32.1 Å². The van der Waals surface area contributed by atoms with Crippen molar-refractivity contribution in [2.24, 2.45) is 0 Å². The third kappa shape index (κ3) is 4.10. The van der Waals surface area contributed by atoms with Crippen molar-refractivity contribution in [3.8, 4) is 0 Å². The summed E-state index contributed by atoms with van der Waals surface area (Å²) >= 11 is 0. The molecule has 6 heteroatoms. The number of hydrogen-bond donors (Lipinski definition) is 2. The average Bonchev–Trinajstić information content (AvgIpc) is 2.61. The summed E-state index contributed by atoms with van der Waals surface area (Å²) in [4.78, 5) is 10.5. The fourth-order valence-electron chi connectivity index (χ4n) is 2.37. The number of aromatic nitrogens is 3. The van der Waals surface area contributed by atoms with Gasteiger partial charge in [-0.3, -0.25) is 4.79 Å². The van der Waals surface area contributed by atoms with E-state index in [1.165, 1.54) is 43.2 Å². The van der Waals surface area contributed by atoms with Crippen LogP contribution >= 0.6 is 0 Å². The van der Waals surface area contributed by atoms with Gasteiger partial charge in [-0.1, -0.05) is 30.9 Å². The molecule has 0 atom stereocenters. The number of aliphatic carboxylic acids is 1. The Hall–Kier alpha value is -1.43. The van der Waals surface area contributed by atoms with Crippen LogP contribution in [0.5, 0.6) is 0 Å². The average molecular weight is 252 g/mol. The smallest absolute Gasteiger partial charge is 0.325 e. The molecule has 1 saturated carbocycles. The zero-order valence-electron chi connectivity index (χ0n) is 10.5. The zero-order valence-corrected chi connectivity index (χ0v) is 10.5. The van der Waals surface area contributed by atoms with E-state index in [-0.39, 0.29) is 6.54 Å². The molecular formula is C12H20N4O2. The van der Waals surface area contributed by atoms with Crippen molar-refractivity contribution in [1.82, 2.24) is 20.3 Å². The van der Waals surface area contributed by atoms with Crippen molar-refractivity contribution in [2.75, 3.05) is 0 Å². The normalized spacial score (nSPS) is 17.6. The highest BCUT2D eigenvalue weighted by molar-refractivity contribution is 5.66. The minimum Gasteiger partial charge on any atom is -0.480 e. The molecule has 0 aromatic carbocycles. The second kappa shape index (κ2) is 6.49. The molecule has 1 fully saturated rings. The molecule has 0 bridgehead atoms. The van der Waals surface area contributed by atoms with Crippen molar-refractivity contribution in [1.29, 1.82) is 0 Å². The van der Waals surface area contributed by atoms with Gasteiger partial charge in [-0.05, 0) is 12.8 Å². The summed E-state index contributed by atoms with van der Waals surface area (Å²) in [7, 11) is 0. The van der Waals surface area contributed by atoms with Crippen LogP contribution in [0, 0.1) is 0 Å². The lowest BCUT2D eigenvalue weighted by molar-refractivity contribution is -0.137. The molecule has 100 valence electrons. The number of hydrogen-bond acceptors (Lipinski definition) is 4. The van der Waals surface area contributed by atoms with E-state index in [0.717, 1.165) is 5.69 Å². The minimum absolute atomic E-state index is 0.129. The van der Waals surface area contributed by atoms with Gasteiger partial charge >= 0.3 is 5.97 Å². The topological polar surface area (TPSA) is 80.0 Å². The highest BCUT2D eigenvalue weighted by atomic mass is 16.4. The Bertz CT molecular complexity index is 383. The minimum atomic E-state index is -0.900. The Labute approximate surface area is 106 Å². The first-order valence-corrected chi connectivity index (χ1v) is 6.58. The molecule has 18 heavy (non-hydrogen) atoms. The lowest BCUT2D eigenvalue weighted by Crippen LogP contribution is -2.28. The van der Waals surface area contributed by atoms with Gasteiger partial charge in [-0.15, -0.1) is 5.10 Å². The van der Waals surface area contributed by atoms with Crippen LogP contribution in [0.15, 0.2) is 6.20 Å². The number of carboxylic acid groups (broad SMARTS) is 1. The van der Waals surface area contributed by atoms with Gasteiger partial charge in [0.2, 0.25) is 0 Å². The molecule has 0 aliphatic heterocycles. The molecule has 2 N–H and O–H groups in total. The Morgan fingerprint density at radius 3 is 2.78 bits per heavy atom. The molecule has 1 aromatic heterocycles. The van der Waals surface area contributed by atoms with Gasteiger partial charge in [0.05, 0.1) is 11.9 Å². The van der Waals surface area contributed by atoms with E-state index in [2.05, 4.69) is 15.6 Å². The first-order valence-electron chi connectivity index (χ1n) is 6.58. The van der Waals surface area contributed by atoms with Crippen LogP contribution in [0.2, 0.25) is 0 Å². The summed E-state index contributed by atoms with van der Waals surface area (Å²) in [5.74, 6) is -0.900. The Morgan fingerprint density at radius 2 is 2.11 bits per heavy atom. The molecule has 1 aliphatic rings. The third-order valence-electron chi connectivity index (χ3n) is 3.31. The van der Waals surface area contributed by atoms with Gasteiger partial charge in [-0.25, -0.2) is 4.68 Å². The van der Waals surface area contributed by atoms with E-state index in [9.17, 15) is 4.79 Å². The van der Waals surface area contributed by atoms with Crippen LogP contribution in [0.4, 0.5) is 0 Å². The zero-order chi connectivity index (χ0) is 12.8. The van der Waals surface area contributed by atoms with E-state index in [1.807, 2.05) is 0 Å². The second-order valence-electron chi connectivity index (χ2n) is 4.87. The highest BCUT2D eigenvalue weighted by Gasteiger charge is 2.12. The summed E-state index contributed by atoms with van der Waals surface area (Å²) in [6.07, 6.45) is 9.41. The Balaban J connectivity index is 1.78. The molecule has 2 rings (SSSR count). The number of nitrogens with zero attached hydrogens (tertiary/aromatic N) is 3. The maximum atomic E-state index is 10.5. The van der Waals surface area contributed by atoms with Gasteiger partial charge in [0.1, 0.15) is 6.54 Å². The van der Waals surface area contributed by atoms with E-state index in [1.54, 1.807) is 6.20 Å². The van der Waals surface area contributed by atoms with Gasteiger partial charge in [-0.2, -0.15) is 0 Å². The SMILES string of the molecule is O=C(O)Cn1cc(CNC2CCCCCC2)nn1. The molecule has 0 saturated heterocycles. The summed E-state index contributed by atoms with van der Waals surface area (Å²) in [6.45, 7) is 0.542. The second-order valence-corrected chi connectivity index (χ2v) is 4.87. The van der Waals surface area contributed by atoms with Crippen LogP contribution in [-0.2, 0) is 17.9 Å². The van der Waals surface area contributed by atoms with E-state index in [4.69, 9.17) is 5.11 Å². The quantitative estimate of drug-likeness (QED) is 0.769. The number of carbonyl (C=O) groups is 1. The number of nitrogens with one attached hydrogen (secondary N) is 1. The molecule has 1 aromatic rings. The van der Waals surface area contributed by atoms with Crippen LogP contribution in [0.3, 0.4) is 0 Å². The van der Waals surface area contributed by atoms with E-state index in [0.29, 0.717) is 12.6 Å². The summed E-state index contributed by atoms with van der Waals surface area (Å²) in [5.41, 5.74) is 0.806. The standard InChI is InChI=1S/C12H20N4O2/c17-12(18)9-16-8-11(14-15-16)7-13-10-5-3-1-2-4-6-10/h8,10,13H,1-7,9H2,(H,17,18). The fourth-order valence-corrected chi connectivity index (χ4v) is 2.37. The van der Waals surface area contributed by atoms with Gasteiger partial charge in [0.15, 0.2) is 0 Å². The first kappa shape index (κ1) is 13.0. The highest BCUT2D eigenvalue weighted by Crippen LogP contribution is 2.17. The van der Waals surface area contributed by atoms with Crippen molar-refractivity contribution in [3.63, 3.8) is 0 Å². The molecular weight excluding hydrogens is 232 g/mol. The fraction of sp³-hybridized carbons (Fsp3) is 0.750. The molecule has 0 unspecified atom stereocenters. The molecule has 0 spiro atoms. The maximum Gasteiger partial charge on any atom is 0.325 e. The number of carboxylic acids is 1. The predicted octanol–water partition coefficient (Wildman–Crippen LogP) is 1.18. The van der Waals surface area contributed by atoms with Gasteiger partial charge < -0.3 is 10.4 Å². The summed E-state index contributed by atoms with van der Waals surface area (Å²) in [5, 5.41) is 19.9. The van der Waals surface area contributed by atoms with E-state index >= 15 is 0 Å². The Morgan fingerprint density at radius 1 is 1.39 bits per heavy atom. The molecule has 6 nitrogen and oxygen atoms in total. The van der Waals surface area contributed by atoms with E-state index < -0.39 is 5.97 Å². The van der Waals surface area contributed by atoms with Crippen molar-refractivity contribution < 1.29 is 9.90 Å². The van der Waals surface area contributed by atoms with Gasteiger partial charge in [0.25, 0.3) is 0 Å². The summed E-state index contributed by atoms with van der Waals surface area (Å²) < 4.78 is 1.35. The van der Waals surface area contributed by atoms with Gasteiger partial charge in [0, 0.05) is 12.6 Å². The van der Waals surface area contributed by atoms with Crippen LogP contribution < -0.4 is 5.32 Å². The summed E-state index contributed by atoms with van der Waals surface area (Å²) in [6, 6.07) is 0.567. The molecule has 1 heterocycles. The third-order valence-corrected chi connectivity index (χ3v) is 3.31. The first-order chi connectivity index (χ1) is 8.74. The van der Waals surface area contributed by atoms with Crippen LogP contribution in [0.1, 0.15) is 44.2 Å². The Kier molecular flexibility index (Phi) is 4.69. The van der Waals surface area contributed by atoms with Crippen LogP contribution in [0.25, 0.3) is 0 Å². The predicted molar refractivity (Wildman–Crippen MR) is 66.0 cm³/mol. The van der Waals surface area contributed by atoms with Crippen molar-refractivity contribution in [2.45, 2.75) is 57.7 Å². The lowest BCUT2D eigenvalue weighted by Gasteiger charge is -2.14. The monoisotopic (exact) mass is 252 g/mol. The molecule has 1 aliphatic carbocycles. The lowest BCUT2D eigenvalue weighted by atomic mass is 10.1. The molecule has 0 radical (unpaired) electrons. The number of rotatable bonds is 5. The van der Waals surface area contributed by atoms with Crippen molar-refractivity contribution >= 4 is 5.97 Å². The molecule has 0 amide bonds. The largest absolute Gasteiger partial charge is 0.480 e. The van der Waals surface area contributed by atoms with Crippen molar-refractivity contribution in [3.05, 3.63) is 11.9 Å².